The summed E-state index contributed by atoms with van der Waals surface area (Å²) >= 11 is 0. The fourth-order valence-electron chi connectivity index (χ4n) is 2.74. The van der Waals surface area contributed by atoms with Crippen LogP contribution in [0.15, 0.2) is 24.3 Å². The van der Waals surface area contributed by atoms with Gasteiger partial charge in [0.1, 0.15) is 6.04 Å². The first-order valence-electron chi connectivity index (χ1n) is 7.00. The van der Waals surface area contributed by atoms with Crippen LogP contribution in [0.5, 0.6) is 0 Å². The summed E-state index contributed by atoms with van der Waals surface area (Å²) in [7, 11) is 0. The highest BCUT2D eigenvalue weighted by atomic mass is 16.3. The fraction of sp³-hybridized carbons (Fsp3) is 0.467. The minimum absolute atomic E-state index is 0.152. The van der Waals surface area contributed by atoms with Gasteiger partial charge in [-0.05, 0) is 42.9 Å². The van der Waals surface area contributed by atoms with E-state index in [1.165, 1.54) is 5.56 Å². The maximum absolute atomic E-state index is 11.7. The van der Waals surface area contributed by atoms with Crippen LogP contribution in [0.1, 0.15) is 37.2 Å². The summed E-state index contributed by atoms with van der Waals surface area (Å²) in [5.41, 5.74) is 2.10. The molecule has 1 atom stereocenters. The number of imide groups is 1. The molecule has 3 N–H and O–H groups in total. The molecule has 1 heterocycles. The number of hydrogen-bond donors (Lipinski definition) is 3. The maximum atomic E-state index is 11.7. The van der Waals surface area contributed by atoms with E-state index in [1.807, 2.05) is 24.3 Å². The van der Waals surface area contributed by atoms with Crippen molar-refractivity contribution >= 4 is 17.5 Å². The zero-order valence-electron chi connectivity index (χ0n) is 11.1. The number of anilines is 1. The number of rotatable bonds is 3. The molecular weight excluding hydrogens is 256 g/mol. The predicted octanol–water partition coefficient (Wildman–Crippen LogP) is 1.14. The normalized spacial score (nSPS) is 29.6. The summed E-state index contributed by atoms with van der Waals surface area (Å²) in [5.74, 6) is -0.00553. The first kappa shape index (κ1) is 13.1. The van der Waals surface area contributed by atoms with Gasteiger partial charge in [-0.3, -0.25) is 14.9 Å². The van der Waals surface area contributed by atoms with Crippen LogP contribution in [-0.2, 0) is 9.59 Å². The Morgan fingerprint density at radius 1 is 1.15 bits per heavy atom. The highest BCUT2D eigenvalue weighted by molar-refractivity contribution is 6.01. The minimum atomic E-state index is -0.343. The summed E-state index contributed by atoms with van der Waals surface area (Å²) in [6.07, 6.45) is 2.42. The van der Waals surface area contributed by atoms with E-state index in [9.17, 15) is 14.7 Å². The number of amides is 2. The SMILES string of the molecule is O=C1CC[C@H](Nc2ccc(C3CC(O)C3)cc2)C(=O)N1. The molecule has 2 amide bonds. The van der Waals surface area contributed by atoms with Gasteiger partial charge in [-0.25, -0.2) is 0 Å². The third-order valence-corrected chi connectivity index (χ3v) is 4.08. The molecule has 3 rings (SSSR count). The van der Waals surface area contributed by atoms with Crippen molar-refractivity contribution in [2.45, 2.75) is 43.7 Å². The van der Waals surface area contributed by atoms with Crippen molar-refractivity contribution in [3.8, 4) is 0 Å². The van der Waals surface area contributed by atoms with Gasteiger partial charge in [0.05, 0.1) is 6.10 Å². The smallest absolute Gasteiger partial charge is 0.249 e. The number of aliphatic hydroxyl groups is 1. The second-order valence-electron chi connectivity index (χ2n) is 5.59. The molecule has 2 fully saturated rings. The molecule has 5 heteroatoms. The Morgan fingerprint density at radius 3 is 2.45 bits per heavy atom. The number of hydrogen-bond acceptors (Lipinski definition) is 4. The first-order chi connectivity index (χ1) is 9.61. The van der Waals surface area contributed by atoms with E-state index in [-0.39, 0.29) is 24.0 Å². The Bertz CT molecular complexity index is 520. The summed E-state index contributed by atoms with van der Waals surface area (Å²) in [5, 5.41) is 14.8. The molecular formula is C15H18N2O3. The van der Waals surface area contributed by atoms with Gasteiger partial charge in [-0.2, -0.15) is 0 Å². The molecule has 0 unspecified atom stereocenters. The van der Waals surface area contributed by atoms with Gasteiger partial charge in [-0.15, -0.1) is 0 Å². The third-order valence-electron chi connectivity index (χ3n) is 4.08. The summed E-state index contributed by atoms with van der Waals surface area (Å²) in [6, 6.07) is 7.62. The average molecular weight is 274 g/mol. The molecule has 1 saturated heterocycles. The highest BCUT2D eigenvalue weighted by Crippen LogP contribution is 2.37. The molecule has 1 saturated carbocycles. The van der Waals surface area contributed by atoms with E-state index in [2.05, 4.69) is 10.6 Å². The number of aliphatic hydroxyl groups excluding tert-OH is 1. The van der Waals surface area contributed by atoms with Gasteiger partial charge in [0.25, 0.3) is 0 Å². The Kier molecular flexibility index (Phi) is 3.44. The van der Waals surface area contributed by atoms with Crippen LogP contribution in [0.4, 0.5) is 5.69 Å². The minimum Gasteiger partial charge on any atom is -0.393 e. The highest BCUT2D eigenvalue weighted by Gasteiger charge is 2.29. The van der Waals surface area contributed by atoms with Gasteiger partial charge < -0.3 is 10.4 Å². The molecule has 0 bridgehead atoms. The summed E-state index contributed by atoms with van der Waals surface area (Å²) in [4.78, 5) is 22.7. The number of piperidine rings is 1. The van der Waals surface area contributed by atoms with Crippen LogP contribution in [0.2, 0.25) is 0 Å². The van der Waals surface area contributed by atoms with E-state index < -0.39 is 0 Å². The van der Waals surface area contributed by atoms with E-state index >= 15 is 0 Å². The lowest BCUT2D eigenvalue weighted by Gasteiger charge is -2.32. The number of nitrogens with one attached hydrogen (secondary N) is 2. The van der Waals surface area contributed by atoms with Crippen molar-refractivity contribution in [1.82, 2.24) is 5.32 Å². The Morgan fingerprint density at radius 2 is 1.85 bits per heavy atom. The average Bonchev–Trinajstić information content (AvgIpc) is 2.39. The first-order valence-corrected chi connectivity index (χ1v) is 7.00. The van der Waals surface area contributed by atoms with Crippen molar-refractivity contribution in [3.05, 3.63) is 29.8 Å². The van der Waals surface area contributed by atoms with Crippen LogP contribution in [0.3, 0.4) is 0 Å². The summed E-state index contributed by atoms with van der Waals surface area (Å²) in [6.45, 7) is 0. The Balaban J connectivity index is 1.60. The lowest BCUT2D eigenvalue weighted by atomic mass is 9.78. The number of carbonyl (C=O) groups is 2. The van der Waals surface area contributed by atoms with E-state index in [0.29, 0.717) is 18.8 Å². The number of benzene rings is 1. The summed E-state index contributed by atoms with van der Waals surface area (Å²) < 4.78 is 0. The zero-order chi connectivity index (χ0) is 14.1. The van der Waals surface area contributed by atoms with Gasteiger partial charge in [-0.1, -0.05) is 12.1 Å². The largest absolute Gasteiger partial charge is 0.393 e. The Labute approximate surface area is 117 Å². The second-order valence-corrected chi connectivity index (χ2v) is 5.59. The van der Waals surface area contributed by atoms with Crippen molar-refractivity contribution in [1.29, 1.82) is 0 Å². The molecule has 20 heavy (non-hydrogen) atoms. The fourth-order valence-corrected chi connectivity index (χ4v) is 2.74. The molecule has 1 aliphatic carbocycles. The van der Waals surface area contributed by atoms with Gasteiger partial charge in [0.2, 0.25) is 11.8 Å². The predicted molar refractivity (Wildman–Crippen MR) is 74.2 cm³/mol. The third kappa shape index (κ3) is 2.67. The zero-order valence-corrected chi connectivity index (χ0v) is 11.1. The molecule has 0 spiro atoms. The lowest BCUT2D eigenvalue weighted by molar-refractivity contribution is -0.133. The van der Waals surface area contributed by atoms with Crippen LogP contribution in [-0.4, -0.2) is 29.1 Å². The van der Waals surface area contributed by atoms with Crippen molar-refractivity contribution in [2.24, 2.45) is 0 Å². The molecule has 1 aromatic carbocycles. The molecule has 1 aromatic rings. The van der Waals surface area contributed by atoms with E-state index in [0.717, 1.165) is 18.5 Å². The topological polar surface area (TPSA) is 78.4 Å². The van der Waals surface area contributed by atoms with Gasteiger partial charge in [0, 0.05) is 12.1 Å². The van der Waals surface area contributed by atoms with Gasteiger partial charge in [0.15, 0.2) is 0 Å². The monoisotopic (exact) mass is 274 g/mol. The molecule has 0 aromatic heterocycles. The molecule has 2 aliphatic rings. The van der Waals surface area contributed by atoms with Crippen molar-refractivity contribution in [2.75, 3.05) is 5.32 Å². The van der Waals surface area contributed by atoms with Crippen LogP contribution in [0, 0.1) is 0 Å². The molecule has 0 radical (unpaired) electrons. The van der Waals surface area contributed by atoms with E-state index in [4.69, 9.17) is 0 Å². The molecule has 5 nitrogen and oxygen atoms in total. The lowest BCUT2D eigenvalue weighted by Crippen LogP contribution is -2.47. The van der Waals surface area contributed by atoms with Crippen LogP contribution < -0.4 is 10.6 Å². The van der Waals surface area contributed by atoms with E-state index in [1.54, 1.807) is 0 Å². The van der Waals surface area contributed by atoms with Crippen molar-refractivity contribution < 1.29 is 14.7 Å². The maximum Gasteiger partial charge on any atom is 0.249 e. The molecule has 1 aliphatic heterocycles. The molecule has 106 valence electrons. The van der Waals surface area contributed by atoms with Crippen molar-refractivity contribution in [3.63, 3.8) is 0 Å². The van der Waals surface area contributed by atoms with Crippen LogP contribution in [0.25, 0.3) is 0 Å². The second kappa shape index (κ2) is 5.25. The van der Waals surface area contributed by atoms with Gasteiger partial charge >= 0.3 is 0 Å². The standard InChI is InChI=1S/C15H18N2O3/c18-12-7-10(8-12)9-1-3-11(4-2-9)16-13-5-6-14(19)17-15(13)20/h1-4,10,12-13,16,18H,5-8H2,(H,17,19,20)/t10?,12?,13-/m0/s1. The Hall–Kier alpha value is -1.88. The van der Waals surface area contributed by atoms with Crippen LogP contribution >= 0.6 is 0 Å². The number of carbonyl (C=O) groups excluding carboxylic acids is 2. The quantitative estimate of drug-likeness (QED) is 0.722.